The summed E-state index contributed by atoms with van der Waals surface area (Å²) in [6.45, 7) is 0. The normalized spacial score (nSPS) is 12.0. The van der Waals surface area contributed by atoms with Crippen LogP contribution >= 0.6 is 7.60 Å². The molecule has 0 heterocycles. The molecule has 12 heteroatoms. The average molecular weight is 493 g/mol. The van der Waals surface area contributed by atoms with E-state index >= 15 is 0 Å². The Bertz CT molecular complexity index is 858. The number of para-hydroxylation sites is 1. The fourth-order valence-corrected chi connectivity index (χ4v) is 4.44. The minimum absolute atomic E-state index is 0. The first-order valence-electron chi connectivity index (χ1n) is 6.99. The molecule has 0 amide bonds. The molecule has 0 saturated heterocycles. The van der Waals surface area contributed by atoms with Gasteiger partial charge in [0.25, 0.3) is 10.1 Å². The van der Waals surface area contributed by atoms with Crippen LogP contribution in [0.2, 0.25) is 0 Å². The van der Waals surface area contributed by atoms with Crippen molar-refractivity contribution in [1.29, 1.82) is 0 Å². The van der Waals surface area contributed by atoms with E-state index in [2.05, 4.69) is 0 Å². The van der Waals surface area contributed by atoms with Gasteiger partial charge in [0, 0.05) is 0 Å². The van der Waals surface area contributed by atoms with Crippen LogP contribution in [-0.2, 0) is 21.1 Å². The molecule has 0 aliphatic heterocycles. The molecule has 136 valence electrons. The molecule has 2 aromatic rings. The average Bonchev–Trinajstić information content (AvgIpc) is 2.46. The molecule has 0 saturated carbocycles. The number of benzene rings is 2. The molecule has 3 N–H and O–H groups in total. The van der Waals surface area contributed by atoms with Crippen molar-refractivity contribution in [2.24, 2.45) is 0 Å². The molecule has 2 rings (SSSR count). The molecule has 1 atom stereocenters. The van der Waals surface area contributed by atoms with E-state index in [4.69, 9.17) is 19.1 Å². The summed E-state index contributed by atoms with van der Waals surface area (Å²) in [6.07, 6.45) is -0.348. The van der Waals surface area contributed by atoms with E-state index in [-0.39, 0.29) is 165 Å². The number of aryl methyl sites for hydroxylation is 1. The summed E-state index contributed by atoms with van der Waals surface area (Å²) >= 11 is 0. The van der Waals surface area contributed by atoms with E-state index in [9.17, 15) is 13.0 Å². The smallest absolute Gasteiger partial charge is 1.00 e. The van der Waals surface area contributed by atoms with Gasteiger partial charge in [-0.15, -0.1) is 0 Å². The second-order valence-electron chi connectivity index (χ2n) is 5.16. The van der Waals surface area contributed by atoms with E-state index in [1.54, 1.807) is 36.4 Å². The molecular weight excluding hydrogens is 472 g/mol. The van der Waals surface area contributed by atoms with Gasteiger partial charge in [-0.1, -0.05) is 30.3 Å². The number of ether oxygens (including phenoxy) is 1. The molecule has 0 spiro atoms. The van der Waals surface area contributed by atoms with Gasteiger partial charge in [0.1, 0.15) is 11.5 Å². The van der Waals surface area contributed by atoms with Crippen LogP contribution in [0.4, 0.5) is 0 Å². The maximum Gasteiger partial charge on any atom is 1.00 e. The molecule has 0 aliphatic carbocycles. The zero-order valence-corrected chi connectivity index (χ0v) is 26.6. The molecule has 1 unspecified atom stereocenters. The van der Waals surface area contributed by atoms with Crippen LogP contribution in [0.5, 0.6) is 11.5 Å². The van der Waals surface area contributed by atoms with Crippen molar-refractivity contribution >= 4 is 17.7 Å². The minimum atomic E-state index is -4.97. The van der Waals surface area contributed by atoms with Crippen molar-refractivity contribution in [3.8, 4) is 11.5 Å². The Morgan fingerprint density at radius 3 is 2.04 bits per heavy atom. The third-order valence-electron chi connectivity index (χ3n) is 3.28. The predicted octanol–water partition coefficient (Wildman–Crippen LogP) is -5.85. The first-order valence-corrected chi connectivity index (χ1v) is 10.2. The summed E-state index contributed by atoms with van der Waals surface area (Å²) in [6, 6.07) is 15.7. The molecule has 27 heavy (non-hydrogen) atoms. The van der Waals surface area contributed by atoms with Crippen LogP contribution in [0.25, 0.3) is 0 Å². The first-order chi connectivity index (χ1) is 11.2. The molecule has 2 aromatic carbocycles. The quantitative estimate of drug-likeness (QED) is 0.200. The van der Waals surface area contributed by atoms with Gasteiger partial charge >= 0.3 is 162 Å². The monoisotopic (exact) mass is 492 g/mol. The largest absolute Gasteiger partial charge is 1.00 e. The Morgan fingerprint density at radius 1 is 0.963 bits per heavy atom. The van der Waals surface area contributed by atoms with Gasteiger partial charge in [0.15, 0.2) is 4.99 Å². The van der Waals surface area contributed by atoms with Crippen LogP contribution in [0.3, 0.4) is 0 Å². The van der Waals surface area contributed by atoms with E-state index in [1.807, 2.05) is 18.2 Å². The summed E-state index contributed by atoms with van der Waals surface area (Å²) in [5.74, 6) is 1.14. The molecule has 7 nitrogen and oxygen atoms in total. The van der Waals surface area contributed by atoms with Gasteiger partial charge in [-0.3, -0.25) is 9.12 Å². The van der Waals surface area contributed by atoms with E-state index in [0.29, 0.717) is 17.1 Å². The fraction of sp³-hybridized carbons (Fsp3) is 0.200. The first kappa shape index (κ1) is 32.4. The van der Waals surface area contributed by atoms with Crippen LogP contribution < -0.4 is 159 Å². The number of hydrogen-bond acceptors (Lipinski definition) is 4. The van der Waals surface area contributed by atoms with Crippen molar-refractivity contribution < 1.29 is 190 Å². The summed E-state index contributed by atoms with van der Waals surface area (Å²) in [5.41, 5.74) is 0.630. The Kier molecular flexibility index (Phi) is 18.1. The second-order valence-corrected chi connectivity index (χ2v) is 8.91. The van der Waals surface area contributed by atoms with Crippen LogP contribution in [0.15, 0.2) is 54.6 Å². The van der Waals surface area contributed by atoms with Crippen molar-refractivity contribution in [3.05, 3.63) is 60.2 Å². The summed E-state index contributed by atoms with van der Waals surface area (Å²) in [5, 5.41) is 0. The van der Waals surface area contributed by atoms with E-state index < -0.39 is 29.1 Å². The fourth-order valence-electron chi connectivity index (χ4n) is 2.17. The second kappa shape index (κ2) is 15.1. The van der Waals surface area contributed by atoms with Crippen LogP contribution in [-0.4, -0.2) is 27.7 Å². The van der Waals surface area contributed by atoms with Gasteiger partial charge in [0.05, 0.1) is 0 Å². The standard InChI is InChI=1S/C15H17O7PS.3K.3H/c16-23(17,18)15(24(19,20)21)10-9-12-5-4-8-14(11-12)22-13-6-2-1-3-7-13;;;;;;/h1-8,11,15H,9-10H2,(H2,16,17,18)(H,19,20,21);;;;;;/q;3*+1;3*-1. The zero-order valence-electron chi connectivity index (χ0n) is 18.5. The van der Waals surface area contributed by atoms with Crippen molar-refractivity contribution in [1.82, 2.24) is 0 Å². The van der Waals surface area contributed by atoms with Gasteiger partial charge in [-0.25, -0.2) is 0 Å². The van der Waals surface area contributed by atoms with Gasteiger partial charge in [-0.2, -0.15) is 8.42 Å². The van der Waals surface area contributed by atoms with E-state index in [0.717, 1.165) is 0 Å². The van der Waals surface area contributed by atoms with E-state index in [1.165, 1.54) is 0 Å². The molecule has 0 fully saturated rings. The summed E-state index contributed by atoms with van der Waals surface area (Å²) in [7, 11) is -9.82. The summed E-state index contributed by atoms with van der Waals surface area (Å²) < 4.78 is 48.2. The Morgan fingerprint density at radius 2 is 1.52 bits per heavy atom. The maximum absolute atomic E-state index is 11.2. The minimum Gasteiger partial charge on any atom is -1.00 e. The predicted molar refractivity (Wildman–Crippen MR) is 92.0 cm³/mol. The van der Waals surface area contributed by atoms with Crippen LogP contribution in [0.1, 0.15) is 16.3 Å². The molecular formula is C15H20K3O7PS. The molecule has 0 aliphatic rings. The SMILES string of the molecule is O=P(O)(O)C(CCc1cccc(Oc2ccccc2)c1)S(=O)(=O)O.[H-].[H-].[H-].[K+].[K+].[K+]. The zero-order chi connectivity index (χ0) is 17.8. The van der Waals surface area contributed by atoms with Crippen molar-refractivity contribution in [2.75, 3.05) is 0 Å². The Balaban J connectivity index is -0.000000347. The van der Waals surface area contributed by atoms with Crippen LogP contribution in [0, 0.1) is 0 Å². The molecule has 0 radical (unpaired) electrons. The molecule has 0 bridgehead atoms. The van der Waals surface area contributed by atoms with Crippen molar-refractivity contribution in [3.63, 3.8) is 0 Å². The number of rotatable bonds is 7. The van der Waals surface area contributed by atoms with Gasteiger partial charge in [-0.05, 0) is 42.7 Å². The topological polar surface area (TPSA) is 121 Å². The Labute approximate surface area is 291 Å². The molecule has 0 aromatic heterocycles. The van der Waals surface area contributed by atoms with Crippen molar-refractivity contribution in [2.45, 2.75) is 17.8 Å². The third kappa shape index (κ3) is 12.1. The summed E-state index contributed by atoms with van der Waals surface area (Å²) in [4.78, 5) is 16.0. The van der Waals surface area contributed by atoms with Gasteiger partial charge < -0.3 is 18.8 Å². The maximum atomic E-state index is 11.2. The Hall–Kier alpha value is 3.21. The van der Waals surface area contributed by atoms with Gasteiger partial charge in [0.2, 0.25) is 0 Å². The number of hydrogen-bond donors (Lipinski definition) is 3. The third-order valence-corrected chi connectivity index (χ3v) is 6.83.